The monoisotopic (exact) mass is 623 g/mol. The van der Waals surface area contributed by atoms with Crippen LogP contribution in [0.4, 0.5) is 0 Å². The molecule has 13 atom stereocenters. The van der Waals surface area contributed by atoms with Crippen molar-refractivity contribution in [3.63, 3.8) is 0 Å². The van der Waals surface area contributed by atoms with E-state index in [1.807, 2.05) is 14.0 Å². The van der Waals surface area contributed by atoms with Crippen LogP contribution in [0.15, 0.2) is 0 Å². The first-order valence-electron chi connectivity index (χ1n) is 14.9. The van der Waals surface area contributed by atoms with Gasteiger partial charge in [-0.05, 0) is 65.7 Å². The molecular formula is C27H53N5O11. The summed E-state index contributed by atoms with van der Waals surface area (Å²) < 4.78 is 18.3. The Kier molecular flexibility index (Phi) is 15.1. The topological polar surface area (TPSA) is 271 Å². The van der Waals surface area contributed by atoms with E-state index < -0.39 is 72.9 Å². The van der Waals surface area contributed by atoms with Crippen LogP contribution in [0.5, 0.6) is 0 Å². The lowest BCUT2D eigenvalue weighted by molar-refractivity contribution is -0.300. The van der Waals surface area contributed by atoms with E-state index in [0.29, 0.717) is 18.9 Å². The van der Waals surface area contributed by atoms with Crippen LogP contribution < -0.4 is 27.4 Å². The summed E-state index contributed by atoms with van der Waals surface area (Å²) in [6.07, 6.45) is -4.08. The van der Waals surface area contributed by atoms with Crippen molar-refractivity contribution in [1.29, 1.82) is 0 Å². The third kappa shape index (κ3) is 10.5. The molecule has 0 aromatic heterocycles. The maximum absolute atomic E-state index is 11.4. The summed E-state index contributed by atoms with van der Waals surface area (Å²) in [7, 11) is 3.60. The fourth-order valence-electron chi connectivity index (χ4n) is 6.10. The van der Waals surface area contributed by atoms with Gasteiger partial charge < -0.3 is 72.3 Å². The molecule has 3 aliphatic rings. The highest BCUT2D eigenvalue weighted by molar-refractivity contribution is 5.79. The molecular weight excluding hydrogens is 570 g/mol. The van der Waals surface area contributed by atoms with Gasteiger partial charge in [-0.25, -0.2) is 4.79 Å². The van der Waals surface area contributed by atoms with Crippen molar-refractivity contribution in [2.75, 3.05) is 33.8 Å². The number of hydrogen-bond acceptors (Lipinski definition) is 14. The normalized spacial score (nSPS) is 40.7. The van der Waals surface area contributed by atoms with Gasteiger partial charge in [0.1, 0.15) is 30.0 Å². The highest BCUT2D eigenvalue weighted by Gasteiger charge is 2.51. The number of aliphatic hydroxyl groups excluding tert-OH is 3. The summed E-state index contributed by atoms with van der Waals surface area (Å²) in [5, 5.41) is 66.4. The number of carboxylic acids is 2. The van der Waals surface area contributed by atoms with Crippen molar-refractivity contribution < 1.29 is 54.4 Å². The van der Waals surface area contributed by atoms with Crippen molar-refractivity contribution in [2.45, 2.75) is 119 Å². The molecule has 252 valence electrons. The Morgan fingerprint density at radius 3 is 2.26 bits per heavy atom. The van der Waals surface area contributed by atoms with E-state index in [1.165, 1.54) is 0 Å². The number of carboxylic acid groups (broad SMARTS) is 2. The van der Waals surface area contributed by atoms with Gasteiger partial charge in [-0.2, -0.15) is 0 Å². The molecule has 2 aliphatic carbocycles. The molecule has 0 spiro atoms. The molecule has 3 rings (SSSR count). The van der Waals surface area contributed by atoms with Crippen LogP contribution in [-0.2, 0) is 23.8 Å². The zero-order chi connectivity index (χ0) is 32.5. The standard InChI is InChI=1S/C23H47N5O6.C4H6O5/c1-5-28-15-9-14(25)19(33-16-8-12(10-26-3)6-7-13(16)24)17(29)20(15)34-22-18(30)21(27-4)23(2,31)11-32-22;5-2(4(8)9)1-3(6)7/h12-22,26-31H,5-11,24-25H2,1-4H3;2,5H,1H2,(H,6,7)(H,8,9)/t12-,13-,14+,15-,16+,17+,18+,19+,20+,21+,22+,23-;/m1./s1. The SMILES string of the molecule is CCN[C@@H]1C[C@H](N)[C@H](O[C@H]2C[C@H](CNC)CC[C@H]2N)[C@H](O)[C@H]1O[C@@H]1OC[C@@](C)(O)[C@@H](NC)[C@@H]1O.O=C(O)CC(O)C(=O)O. The van der Waals surface area contributed by atoms with E-state index in [-0.39, 0.29) is 24.8 Å². The summed E-state index contributed by atoms with van der Waals surface area (Å²) in [5.41, 5.74) is 11.6. The van der Waals surface area contributed by atoms with Gasteiger partial charge >= 0.3 is 11.9 Å². The van der Waals surface area contributed by atoms with Crippen LogP contribution >= 0.6 is 0 Å². The Labute approximate surface area is 252 Å². The Morgan fingerprint density at radius 1 is 1.05 bits per heavy atom. The van der Waals surface area contributed by atoms with Crippen molar-refractivity contribution in [1.82, 2.24) is 16.0 Å². The van der Waals surface area contributed by atoms with Gasteiger partial charge in [-0.3, -0.25) is 4.79 Å². The molecule has 0 amide bonds. The Bertz CT molecular complexity index is 871. The van der Waals surface area contributed by atoms with Gasteiger partial charge in [0.05, 0.1) is 25.2 Å². The molecule has 0 aromatic carbocycles. The van der Waals surface area contributed by atoms with E-state index in [4.69, 9.17) is 41.0 Å². The summed E-state index contributed by atoms with van der Waals surface area (Å²) >= 11 is 0. The van der Waals surface area contributed by atoms with Crippen LogP contribution in [0.1, 0.15) is 46.0 Å². The van der Waals surface area contributed by atoms with E-state index in [2.05, 4.69) is 16.0 Å². The van der Waals surface area contributed by atoms with Crippen molar-refractivity contribution in [3.8, 4) is 0 Å². The second-order valence-corrected chi connectivity index (χ2v) is 11.9. The van der Waals surface area contributed by atoms with Crippen molar-refractivity contribution in [2.24, 2.45) is 17.4 Å². The summed E-state index contributed by atoms with van der Waals surface area (Å²) in [6.45, 7) is 5.12. The molecule has 0 bridgehead atoms. The minimum atomic E-state index is -1.79. The molecule has 1 aliphatic heterocycles. The fraction of sp³-hybridized carbons (Fsp3) is 0.926. The third-order valence-corrected chi connectivity index (χ3v) is 8.35. The van der Waals surface area contributed by atoms with E-state index >= 15 is 0 Å². The maximum atomic E-state index is 11.4. The van der Waals surface area contributed by atoms with E-state index in [1.54, 1.807) is 14.0 Å². The van der Waals surface area contributed by atoms with Gasteiger partial charge in [0.25, 0.3) is 0 Å². The highest BCUT2D eigenvalue weighted by Crippen LogP contribution is 2.33. The third-order valence-electron chi connectivity index (χ3n) is 8.35. The second-order valence-electron chi connectivity index (χ2n) is 11.9. The molecule has 16 heteroatoms. The number of hydrogen-bond donors (Lipinski definition) is 11. The fourth-order valence-corrected chi connectivity index (χ4v) is 6.10. The van der Waals surface area contributed by atoms with Crippen LogP contribution in [0, 0.1) is 5.92 Å². The second kappa shape index (κ2) is 17.2. The van der Waals surface area contributed by atoms with Crippen molar-refractivity contribution >= 4 is 11.9 Å². The molecule has 1 saturated heterocycles. The highest BCUT2D eigenvalue weighted by atomic mass is 16.7. The number of rotatable bonds is 12. The van der Waals surface area contributed by atoms with Crippen LogP contribution in [0.2, 0.25) is 0 Å². The smallest absolute Gasteiger partial charge is 0.333 e. The predicted octanol–water partition coefficient (Wildman–Crippen LogP) is -3.49. The lowest BCUT2D eigenvalue weighted by atomic mass is 9.81. The average Bonchev–Trinajstić information content (AvgIpc) is 2.92. The molecule has 43 heavy (non-hydrogen) atoms. The minimum Gasteiger partial charge on any atom is -0.481 e. The zero-order valence-corrected chi connectivity index (χ0v) is 25.5. The zero-order valence-electron chi connectivity index (χ0n) is 25.5. The molecule has 2 saturated carbocycles. The Balaban J connectivity index is 0.000000621. The van der Waals surface area contributed by atoms with Crippen LogP contribution in [0.25, 0.3) is 0 Å². The Hall–Kier alpha value is -1.54. The first-order valence-corrected chi connectivity index (χ1v) is 14.9. The number of ether oxygens (including phenoxy) is 3. The summed E-state index contributed by atoms with van der Waals surface area (Å²) in [4.78, 5) is 19.4. The number of nitrogens with two attached hydrogens (primary N) is 2. The molecule has 0 radical (unpaired) electrons. The van der Waals surface area contributed by atoms with Crippen LogP contribution in [-0.4, -0.2) is 149 Å². The number of likely N-dealkylation sites (N-methyl/N-ethyl adjacent to an activating group) is 2. The van der Waals surface area contributed by atoms with Crippen molar-refractivity contribution in [3.05, 3.63) is 0 Å². The molecule has 3 fully saturated rings. The number of aliphatic carboxylic acids is 2. The lowest BCUT2D eigenvalue weighted by Crippen LogP contribution is -2.69. The van der Waals surface area contributed by atoms with E-state index in [9.17, 15) is 24.9 Å². The number of carbonyl (C=O) groups is 2. The molecule has 1 unspecified atom stereocenters. The van der Waals surface area contributed by atoms with Crippen LogP contribution in [0.3, 0.4) is 0 Å². The first-order chi connectivity index (χ1) is 20.2. The molecule has 13 N–H and O–H groups in total. The van der Waals surface area contributed by atoms with Gasteiger partial charge in [-0.1, -0.05) is 6.92 Å². The van der Waals surface area contributed by atoms with Gasteiger partial charge in [0.2, 0.25) is 0 Å². The maximum Gasteiger partial charge on any atom is 0.333 e. The lowest BCUT2D eigenvalue weighted by Gasteiger charge is -2.49. The van der Waals surface area contributed by atoms with Gasteiger partial charge in [0.15, 0.2) is 12.4 Å². The number of aliphatic hydroxyl groups is 4. The van der Waals surface area contributed by atoms with E-state index in [0.717, 1.165) is 25.8 Å². The average molecular weight is 624 g/mol. The number of nitrogens with one attached hydrogen (secondary N) is 3. The molecule has 0 aromatic rings. The summed E-state index contributed by atoms with van der Waals surface area (Å²) in [5.74, 6) is -2.38. The summed E-state index contributed by atoms with van der Waals surface area (Å²) in [6, 6.07) is -1.42. The predicted molar refractivity (Wildman–Crippen MR) is 154 cm³/mol. The van der Waals surface area contributed by atoms with Gasteiger partial charge in [0, 0.05) is 18.1 Å². The van der Waals surface area contributed by atoms with Gasteiger partial charge in [-0.15, -0.1) is 0 Å². The minimum absolute atomic E-state index is 0.0157. The largest absolute Gasteiger partial charge is 0.481 e. The quantitative estimate of drug-likeness (QED) is 0.101. The molecule has 1 heterocycles. The molecule has 16 nitrogen and oxygen atoms in total. The first kappa shape index (κ1) is 37.6. The Morgan fingerprint density at radius 2 is 1.72 bits per heavy atom.